The van der Waals surface area contributed by atoms with Crippen molar-refractivity contribution in [3.8, 4) is 0 Å². The van der Waals surface area contributed by atoms with Gasteiger partial charge in [-0.05, 0) is 30.5 Å². The minimum Gasteiger partial charge on any atom is -0.399 e. The lowest BCUT2D eigenvalue weighted by atomic mass is 9.89. The van der Waals surface area contributed by atoms with Crippen molar-refractivity contribution in [2.75, 3.05) is 18.9 Å². The quantitative estimate of drug-likeness (QED) is 0.784. The fourth-order valence-corrected chi connectivity index (χ4v) is 2.82. The van der Waals surface area contributed by atoms with Crippen LogP contribution < -0.4 is 5.73 Å². The maximum absolute atomic E-state index is 5.85. The maximum atomic E-state index is 5.85. The van der Waals surface area contributed by atoms with Gasteiger partial charge in [-0.15, -0.1) is 0 Å². The Bertz CT molecular complexity index is 576. The van der Waals surface area contributed by atoms with E-state index in [-0.39, 0.29) is 0 Å². The molecule has 1 aromatic heterocycles. The number of nitrogens with zero attached hydrogens (tertiary/aromatic N) is 2. The van der Waals surface area contributed by atoms with Gasteiger partial charge >= 0.3 is 0 Å². The summed E-state index contributed by atoms with van der Waals surface area (Å²) >= 11 is 0. The van der Waals surface area contributed by atoms with Crippen LogP contribution in [0.3, 0.4) is 0 Å². The van der Waals surface area contributed by atoms with Crippen LogP contribution in [0.2, 0.25) is 0 Å². The van der Waals surface area contributed by atoms with E-state index >= 15 is 0 Å². The van der Waals surface area contributed by atoms with Crippen molar-refractivity contribution in [2.45, 2.75) is 19.3 Å². The molecular formula is C14H19N3O. The van der Waals surface area contributed by atoms with Crippen molar-refractivity contribution in [2.24, 2.45) is 13.0 Å². The monoisotopic (exact) mass is 245 g/mol. The van der Waals surface area contributed by atoms with Gasteiger partial charge in [0.15, 0.2) is 0 Å². The van der Waals surface area contributed by atoms with Gasteiger partial charge in [0.05, 0.1) is 11.0 Å². The van der Waals surface area contributed by atoms with E-state index in [2.05, 4.69) is 18.5 Å². The van der Waals surface area contributed by atoms with Crippen molar-refractivity contribution in [1.82, 2.24) is 9.55 Å². The highest BCUT2D eigenvalue weighted by Gasteiger charge is 2.27. The standard InChI is InChI=1S/C14H19N3O/c1-9-8-18-6-5-11(9)14-16-12-4-3-10(15)7-13(12)17(14)2/h3-4,7,9,11H,5-6,8,15H2,1-2H3. The summed E-state index contributed by atoms with van der Waals surface area (Å²) in [6.45, 7) is 3.90. The molecule has 0 amide bonds. The molecule has 4 nitrogen and oxygen atoms in total. The molecule has 2 heterocycles. The van der Waals surface area contributed by atoms with Gasteiger partial charge < -0.3 is 15.0 Å². The molecule has 1 aliphatic rings. The molecule has 18 heavy (non-hydrogen) atoms. The third-order valence-corrected chi connectivity index (χ3v) is 3.91. The van der Waals surface area contributed by atoms with Gasteiger partial charge in [-0.3, -0.25) is 0 Å². The van der Waals surface area contributed by atoms with Crippen LogP contribution in [-0.2, 0) is 11.8 Å². The highest BCUT2D eigenvalue weighted by Crippen LogP contribution is 2.32. The molecule has 0 spiro atoms. The Labute approximate surface area is 107 Å². The van der Waals surface area contributed by atoms with E-state index in [0.29, 0.717) is 11.8 Å². The molecule has 0 saturated carbocycles. The number of aryl methyl sites for hydroxylation is 1. The van der Waals surface area contributed by atoms with Gasteiger partial charge in [-0.25, -0.2) is 4.98 Å². The Morgan fingerprint density at radius 2 is 2.28 bits per heavy atom. The highest BCUT2D eigenvalue weighted by atomic mass is 16.5. The van der Waals surface area contributed by atoms with Crippen molar-refractivity contribution < 1.29 is 4.74 Å². The van der Waals surface area contributed by atoms with Gasteiger partial charge in [0, 0.05) is 31.9 Å². The average Bonchev–Trinajstić information content (AvgIpc) is 2.68. The third kappa shape index (κ3) is 1.77. The van der Waals surface area contributed by atoms with E-state index in [0.717, 1.165) is 42.2 Å². The van der Waals surface area contributed by atoms with Crippen LogP contribution in [0.15, 0.2) is 18.2 Å². The van der Waals surface area contributed by atoms with Crippen LogP contribution in [0.5, 0.6) is 0 Å². The predicted molar refractivity (Wildman–Crippen MR) is 72.5 cm³/mol. The lowest BCUT2D eigenvalue weighted by Gasteiger charge is -2.28. The number of hydrogen-bond donors (Lipinski definition) is 1. The first kappa shape index (κ1) is 11.5. The number of ether oxygens (including phenoxy) is 1. The molecule has 2 aromatic rings. The molecule has 2 atom stereocenters. The zero-order valence-corrected chi connectivity index (χ0v) is 10.9. The average molecular weight is 245 g/mol. The highest BCUT2D eigenvalue weighted by molar-refractivity contribution is 5.79. The van der Waals surface area contributed by atoms with E-state index in [4.69, 9.17) is 15.5 Å². The van der Waals surface area contributed by atoms with Crippen molar-refractivity contribution in [3.63, 3.8) is 0 Å². The fourth-order valence-electron chi connectivity index (χ4n) is 2.82. The fraction of sp³-hybridized carbons (Fsp3) is 0.500. The molecule has 0 bridgehead atoms. The molecular weight excluding hydrogens is 226 g/mol. The van der Waals surface area contributed by atoms with Crippen LogP contribution in [-0.4, -0.2) is 22.8 Å². The van der Waals surface area contributed by atoms with E-state index in [1.165, 1.54) is 0 Å². The van der Waals surface area contributed by atoms with E-state index < -0.39 is 0 Å². The molecule has 1 aromatic carbocycles. The first-order valence-electron chi connectivity index (χ1n) is 6.46. The zero-order chi connectivity index (χ0) is 12.7. The van der Waals surface area contributed by atoms with E-state index in [9.17, 15) is 0 Å². The van der Waals surface area contributed by atoms with Crippen molar-refractivity contribution in [1.29, 1.82) is 0 Å². The van der Waals surface area contributed by atoms with Crippen LogP contribution in [0.4, 0.5) is 5.69 Å². The number of fused-ring (bicyclic) bond motifs is 1. The largest absolute Gasteiger partial charge is 0.399 e. The second-order valence-electron chi connectivity index (χ2n) is 5.22. The smallest absolute Gasteiger partial charge is 0.113 e. The summed E-state index contributed by atoms with van der Waals surface area (Å²) in [5.74, 6) is 2.16. The Hall–Kier alpha value is -1.55. The van der Waals surface area contributed by atoms with Gasteiger partial charge in [0.1, 0.15) is 5.82 Å². The molecule has 0 radical (unpaired) electrons. The number of aromatic nitrogens is 2. The second kappa shape index (κ2) is 4.28. The summed E-state index contributed by atoms with van der Waals surface area (Å²) in [5.41, 5.74) is 8.78. The van der Waals surface area contributed by atoms with Gasteiger partial charge in [0.2, 0.25) is 0 Å². The number of rotatable bonds is 1. The Balaban J connectivity index is 2.08. The van der Waals surface area contributed by atoms with Crippen molar-refractivity contribution >= 4 is 16.7 Å². The number of nitrogens with two attached hydrogens (primary N) is 1. The van der Waals surface area contributed by atoms with Crippen LogP contribution in [0.1, 0.15) is 25.1 Å². The van der Waals surface area contributed by atoms with Crippen molar-refractivity contribution in [3.05, 3.63) is 24.0 Å². The molecule has 3 rings (SSSR count). The van der Waals surface area contributed by atoms with E-state index in [1.54, 1.807) is 0 Å². The summed E-state index contributed by atoms with van der Waals surface area (Å²) in [4.78, 5) is 4.78. The van der Waals surface area contributed by atoms with Gasteiger partial charge in [0.25, 0.3) is 0 Å². The first-order chi connectivity index (χ1) is 8.66. The lowest BCUT2D eigenvalue weighted by molar-refractivity contribution is 0.0447. The molecule has 0 aliphatic carbocycles. The summed E-state index contributed by atoms with van der Waals surface area (Å²) in [6.07, 6.45) is 1.05. The number of nitrogen functional groups attached to an aromatic ring is 1. The number of anilines is 1. The Kier molecular flexibility index (Phi) is 2.74. The van der Waals surface area contributed by atoms with Gasteiger partial charge in [-0.1, -0.05) is 6.92 Å². The molecule has 96 valence electrons. The zero-order valence-electron chi connectivity index (χ0n) is 10.9. The maximum Gasteiger partial charge on any atom is 0.113 e. The molecule has 2 unspecified atom stereocenters. The Morgan fingerprint density at radius 1 is 1.44 bits per heavy atom. The Morgan fingerprint density at radius 3 is 3.06 bits per heavy atom. The molecule has 2 N–H and O–H groups in total. The minimum absolute atomic E-state index is 0.484. The predicted octanol–water partition coefficient (Wildman–Crippen LogP) is 2.30. The van der Waals surface area contributed by atoms with Crippen LogP contribution in [0, 0.1) is 5.92 Å². The van der Waals surface area contributed by atoms with Crippen LogP contribution in [0.25, 0.3) is 11.0 Å². The molecule has 1 fully saturated rings. The summed E-state index contributed by atoms with van der Waals surface area (Å²) in [5, 5.41) is 0. The summed E-state index contributed by atoms with van der Waals surface area (Å²) < 4.78 is 7.69. The first-order valence-corrected chi connectivity index (χ1v) is 6.46. The van der Waals surface area contributed by atoms with E-state index in [1.807, 2.05) is 18.2 Å². The topological polar surface area (TPSA) is 53.1 Å². The SMILES string of the molecule is CC1COCCC1c1nc2ccc(N)cc2n1C. The number of benzene rings is 1. The second-order valence-corrected chi connectivity index (χ2v) is 5.22. The third-order valence-electron chi connectivity index (χ3n) is 3.91. The summed E-state index contributed by atoms with van der Waals surface area (Å²) in [6, 6.07) is 5.90. The normalized spacial score (nSPS) is 24.6. The molecule has 1 saturated heterocycles. The minimum atomic E-state index is 0.484. The van der Waals surface area contributed by atoms with Gasteiger partial charge in [-0.2, -0.15) is 0 Å². The molecule has 1 aliphatic heterocycles. The summed E-state index contributed by atoms with van der Waals surface area (Å²) in [7, 11) is 2.08. The number of hydrogen-bond acceptors (Lipinski definition) is 3. The number of imidazole rings is 1. The lowest BCUT2D eigenvalue weighted by Crippen LogP contribution is -2.25. The molecule has 4 heteroatoms. The van der Waals surface area contributed by atoms with Crippen LogP contribution >= 0.6 is 0 Å².